The van der Waals surface area contributed by atoms with Crippen LogP contribution in [0.25, 0.3) is 0 Å². The molecule has 0 aliphatic carbocycles. The van der Waals surface area contributed by atoms with Crippen molar-refractivity contribution in [1.82, 2.24) is 9.97 Å². The Morgan fingerprint density at radius 1 is 1.22 bits per heavy atom. The number of benzene rings is 1. The largest absolute Gasteiger partial charge is 0.347 e. The van der Waals surface area contributed by atoms with Crippen LogP contribution in [0.5, 0.6) is 0 Å². The van der Waals surface area contributed by atoms with Crippen LogP contribution >= 0.6 is 23.2 Å². The summed E-state index contributed by atoms with van der Waals surface area (Å²) < 4.78 is 23.2. The van der Waals surface area contributed by atoms with Crippen LogP contribution < -0.4 is 9.80 Å². The zero-order chi connectivity index (χ0) is 16.8. The van der Waals surface area contributed by atoms with Gasteiger partial charge < -0.3 is 9.80 Å². The fraction of sp³-hybridized carbons (Fsp3) is 0.286. The van der Waals surface area contributed by atoms with E-state index in [1.807, 2.05) is 16.8 Å². The molecule has 0 saturated heterocycles. The SMILES string of the molecule is CN1CN(c2c(Cl)cccc2Cl)Cc2cnc(S(C)(=O)=O)nc21. The van der Waals surface area contributed by atoms with Crippen LogP contribution in [-0.2, 0) is 16.4 Å². The minimum Gasteiger partial charge on any atom is -0.347 e. The van der Waals surface area contributed by atoms with Gasteiger partial charge >= 0.3 is 0 Å². The van der Waals surface area contributed by atoms with Gasteiger partial charge in [-0.15, -0.1) is 0 Å². The molecule has 2 heterocycles. The molecule has 0 unspecified atom stereocenters. The zero-order valence-electron chi connectivity index (χ0n) is 12.5. The predicted octanol–water partition coefficient (Wildman–Crippen LogP) is 2.60. The van der Waals surface area contributed by atoms with Crippen molar-refractivity contribution in [2.75, 3.05) is 29.8 Å². The van der Waals surface area contributed by atoms with Crippen LogP contribution in [0.2, 0.25) is 10.0 Å². The first kappa shape index (κ1) is 16.3. The van der Waals surface area contributed by atoms with E-state index >= 15 is 0 Å². The summed E-state index contributed by atoms with van der Waals surface area (Å²) in [4.78, 5) is 12.0. The van der Waals surface area contributed by atoms with Gasteiger partial charge in [-0.05, 0) is 12.1 Å². The summed E-state index contributed by atoms with van der Waals surface area (Å²) in [5.74, 6) is 0.597. The van der Waals surface area contributed by atoms with Crippen LogP contribution in [0.1, 0.15) is 5.56 Å². The normalized spacial score (nSPS) is 14.8. The molecule has 1 aromatic carbocycles. The number of sulfone groups is 1. The Bertz CT molecular complexity index is 853. The molecule has 1 aromatic heterocycles. The second kappa shape index (κ2) is 5.81. The van der Waals surface area contributed by atoms with E-state index in [4.69, 9.17) is 23.2 Å². The summed E-state index contributed by atoms with van der Waals surface area (Å²) in [6.45, 7) is 0.976. The third kappa shape index (κ3) is 3.08. The molecule has 0 bridgehead atoms. The summed E-state index contributed by atoms with van der Waals surface area (Å²) >= 11 is 12.5. The first-order valence-electron chi connectivity index (χ1n) is 6.73. The number of hydrogen-bond acceptors (Lipinski definition) is 6. The van der Waals surface area contributed by atoms with Crippen molar-refractivity contribution in [2.24, 2.45) is 0 Å². The minimum atomic E-state index is -3.44. The van der Waals surface area contributed by atoms with Crippen molar-refractivity contribution in [3.05, 3.63) is 40.0 Å². The molecule has 0 radical (unpaired) electrons. The van der Waals surface area contributed by atoms with Crippen LogP contribution in [0.15, 0.2) is 29.6 Å². The topological polar surface area (TPSA) is 66.4 Å². The van der Waals surface area contributed by atoms with Crippen molar-refractivity contribution in [3.63, 3.8) is 0 Å². The predicted molar refractivity (Wildman–Crippen MR) is 91.1 cm³/mol. The number of para-hydroxylation sites is 1. The fourth-order valence-corrected chi connectivity index (χ4v) is 3.66. The van der Waals surface area contributed by atoms with E-state index in [2.05, 4.69) is 9.97 Å². The molecule has 122 valence electrons. The first-order valence-corrected chi connectivity index (χ1v) is 9.38. The van der Waals surface area contributed by atoms with Crippen LogP contribution in [0.3, 0.4) is 0 Å². The summed E-state index contributed by atoms with van der Waals surface area (Å²) in [5, 5.41) is 0.943. The highest BCUT2D eigenvalue weighted by molar-refractivity contribution is 7.90. The molecule has 0 atom stereocenters. The summed E-state index contributed by atoms with van der Waals surface area (Å²) in [6, 6.07) is 5.35. The Labute approximate surface area is 144 Å². The molecular formula is C14H14Cl2N4O2S. The quantitative estimate of drug-likeness (QED) is 0.754. The van der Waals surface area contributed by atoms with Gasteiger partial charge in [0, 0.05) is 31.6 Å². The summed E-state index contributed by atoms with van der Waals surface area (Å²) in [5.41, 5.74) is 1.54. The third-order valence-corrected chi connectivity index (χ3v) is 4.98. The lowest BCUT2D eigenvalue weighted by molar-refractivity contribution is 0.591. The van der Waals surface area contributed by atoms with E-state index in [1.165, 1.54) is 6.20 Å². The second-order valence-electron chi connectivity index (χ2n) is 5.38. The van der Waals surface area contributed by atoms with Gasteiger partial charge in [-0.2, -0.15) is 0 Å². The number of aromatic nitrogens is 2. The molecule has 6 nitrogen and oxygen atoms in total. The van der Waals surface area contributed by atoms with Crippen molar-refractivity contribution >= 4 is 44.5 Å². The number of anilines is 2. The van der Waals surface area contributed by atoms with Crippen molar-refractivity contribution in [3.8, 4) is 0 Å². The molecule has 1 aliphatic heterocycles. The van der Waals surface area contributed by atoms with Gasteiger partial charge in [0.15, 0.2) is 0 Å². The molecular weight excluding hydrogens is 359 g/mol. The molecule has 23 heavy (non-hydrogen) atoms. The molecule has 1 aliphatic rings. The van der Waals surface area contributed by atoms with E-state index in [-0.39, 0.29) is 5.16 Å². The van der Waals surface area contributed by atoms with E-state index in [9.17, 15) is 8.42 Å². The monoisotopic (exact) mass is 372 g/mol. The number of halogens is 2. The molecule has 0 saturated carbocycles. The maximum absolute atomic E-state index is 11.6. The second-order valence-corrected chi connectivity index (χ2v) is 8.11. The third-order valence-electron chi connectivity index (χ3n) is 3.51. The molecule has 0 fully saturated rings. The van der Waals surface area contributed by atoms with Gasteiger partial charge in [0.25, 0.3) is 0 Å². The number of fused-ring (bicyclic) bond motifs is 1. The first-order chi connectivity index (χ1) is 10.8. The van der Waals surface area contributed by atoms with E-state index in [0.29, 0.717) is 29.1 Å². The zero-order valence-corrected chi connectivity index (χ0v) is 14.8. The average molecular weight is 373 g/mol. The highest BCUT2D eigenvalue weighted by atomic mass is 35.5. The van der Waals surface area contributed by atoms with E-state index in [0.717, 1.165) is 17.5 Å². The Hall–Kier alpha value is -1.57. The van der Waals surface area contributed by atoms with Gasteiger partial charge in [-0.1, -0.05) is 29.3 Å². The Kier molecular flexibility index (Phi) is 4.12. The number of hydrogen-bond donors (Lipinski definition) is 0. The molecule has 3 rings (SSSR count). The molecule has 0 N–H and O–H groups in total. The Morgan fingerprint density at radius 2 is 1.87 bits per heavy atom. The van der Waals surface area contributed by atoms with Gasteiger partial charge in [0.1, 0.15) is 5.82 Å². The van der Waals surface area contributed by atoms with Gasteiger partial charge in [0.2, 0.25) is 15.0 Å². The molecule has 9 heteroatoms. The van der Waals surface area contributed by atoms with Crippen LogP contribution in [0, 0.1) is 0 Å². The lowest BCUT2D eigenvalue weighted by Crippen LogP contribution is -2.41. The summed E-state index contributed by atoms with van der Waals surface area (Å²) in [6.07, 6.45) is 2.62. The fourth-order valence-electron chi connectivity index (χ4n) is 2.52. The standard InChI is InChI=1S/C14H14Cl2N4O2S/c1-19-8-20(12-10(15)4-3-5-11(12)16)7-9-6-17-14(18-13(9)19)23(2,21)22/h3-6H,7-8H2,1-2H3. The maximum Gasteiger partial charge on any atom is 0.248 e. The number of nitrogens with zero attached hydrogens (tertiary/aromatic N) is 4. The van der Waals surface area contributed by atoms with Crippen molar-refractivity contribution in [2.45, 2.75) is 11.7 Å². The highest BCUT2D eigenvalue weighted by Crippen LogP contribution is 2.37. The Morgan fingerprint density at radius 3 is 2.48 bits per heavy atom. The van der Waals surface area contributed by atoms with E-state index in [1.54, 1.807) is 18.2 Å². The van der Waals surface area contributed by atoms with E-state index < -0.39 is 9.84 Å². The Balaban J connectivity index is 2.02. The van der Waals surface area contributed by atoms with Crippen molar-refractivity contribution < 1.29 is 8.42 Å². The minimum absolute atomic E-state index is 0.174. The molecule has 0 spiro atoms. The average Bonchev–Trinajstić information content (AvgIpc) is 2.46. The van der Waals surface area contributed by atoms with Crippen LogP contribution in [0.4, 0.5) is 11.5 Å². The summed E-state index contributed by atoms with van der Waals surface area (Å²) in [7, 11) is -1.62. The van der Waals surface area contributed by atoms with Crippen LogP contribution in [-0.4, -0.2) is 38.4 Å². The van der Waals surface area contributed by atoms with Gasteiger partial charge in [-0.25, -0.2) is 18.4 Å². The lowest BCUT2D eigenvalue weighted by Gasteiger charge is -2.37. The number of rotatable bonds is 2. The molecule has 2 aromatic rings. The van der Waals surface area contributed by atoms with Crippen molar-refractivity contribution in [1.29, 1.82) is 0 Å². The van der Waals surface area contributed by atoms with Gasteiger partial charge in [0.05, 0.1) is 22.4 Å². The van der Waals surface area contributed by atoms with Gasteiger partial charge in [-0.3, -0.25) is 0 Å². The lowest BCUT2D eigenvalue weighted by atomic mass is 10.2. The molecule has 0 amide bonds. The smallest absolute Gasteiger partial charge is 0.248 e. The highest BCUT2D eigenvalue weighted by Gasteiger charge is 2.26. The maximum atomic E-state index is 11.6.